The fraction of sp³-hybridized carbons (Fsp3) is 0.952. The van der Waals surface area contributed by atoms with Crippen molar-refractivity contribution in [2.75, 3.05) is 26.3 Å². The fourth-order valence-corrected chi connectivity index (χ4v) is 9.23. The van der Waals surface area contributed by atoms with Gasteiger partial charge in [0.25, 0.3) is 0 Å². The average molecular weight is 829 g/mol. The monoisotopic (exact) mass is 828 g/mol. The fourth-order valence-electron chi connectivity index (χ4n) is 9.23. The molecule has 0 bridgehead atoms. The third kappa shape index (κ3) is 11.7. The van der Waals surface area contributed by atoms with Crippen LogP contribution < -0.4 is 10.6 Å². The van der Waals surface area contributed by atoms with E-state index in [-0.39, 0.29) is 36.9 Å². The molecular weight excluding hydrogens is 756 g/mol. The molecule has 58 heavy (non-hydrogen) atoms. The molecule has 6 heterocycles. The van der Waals surface area contributed by atoms with Crippen molar-refractivity contribution in [1.29, 1.82) is 0 Å². The van der Waals surface area contributed by atoms with Crippen molar-refractivity contribution in [3.8, 4) is 0 Å². The highest BCUT2D eigenvalue weighted by atomic mass is 16.9. The van der Waals surface area contributed by atoms with E-state index >= 15 is 0 Å². The highest BCUT2D eigenvalue weighted by Gasteiger charge is 2.63. The third-order valence-corrected chi connectivity index (χ3v) is 11.5. The largest absolute Gasteiger partial charge is 0.466 e. The molecule has 0 radical (unpaired) electrons. The van der Waals surface area contributed by atoms with Gasteiger partial charge in [-0.1, -0.05) is 38.5 Å². The lowest BCUT2D eigenvalue weighted by molar-refractivity contribution is -0.240. The molecule has 16 heteroatoms. The van der Waals surface area contributed by atoms with Crippen LogP contribution in [0.5, 0.6) is 0 Å². The van der Waals surface area contributed by atoms with E-state index in [1.54, 1.807) is 13.8 Å². The number of rotatable bonds is 21. The molecule has 12 atom stereocenters. The molecule has 6 aliphatic rings. The first kappa shape index (κ1) is 46.0. The molecule has 6 rings (SSSR count). The summed E-state index contributed by atoms with van der Waals surface area (Å²) in [4.78, 5) is 25.5. The quantitative estimate of drug-likeness (QED) is 0.120. The first-order valence-electron chi connectivity index (χ1n) is 21.9. The van der Waals surface area contributed by atoms with Crippen LogP contribution >= 0.6 is 0 Å². The van der Waals surface area contributed by atoms with Gasteiger partial charge in [0.1, 0.15) is 48.8 Å². The van der Waals surface area contributed by atoms with Gasteiger partial charge in [-0.25, -0.2) is 0 Å². The number of carbonyl (C=O) groups excluding carboxylic acids is 2. The molecule has 2 unspecified atom stereocenters. The van der Waals surface area contributed by atoms with Crippen molar-refractivity contribution in [1.82, 2.24) is 10.6 Å². The number of ether oxygens (including phenoxy) is 12. The summed E-state index contributed by atoms with van der Waals surface area (Å²) in [6, 6.07) is -0.706. The van der Waals surface area contributed by atoms with Crippen LogP contribution in [0.15, 0.2) is 0 Å². The smallest absolute Gasteiger partial charge is 0.307 e. The number of esters is 2. The maximum Gasteiger partial charge on any atom is 0.307 e. The Morgan fingerprint density at radius 1 is 0.466 bits per heavy atom. The second-order valence-corrected chi connectivity index (χ2v) is 18.2. The van der Waals surface area contributed by atoms with Crippen molar-refractivity contribution in [2.24, 2.45) is 0 Å². The highest BCUT2D eigenvalue weighted by molar-refractivity contribution is 5.70. The first-order chi connectivity index (χ1) is 27.4. The minimum Gasteiger partial charge on any atom is -0.466 e. The average Bonchev–Trinajstić information content (AvgIpc) is 3.83. The summed E-state index contributed by atoms with van der Waals surface area (Å²) in [5.41, 5.74) is 0. The van der Waals surface area contributed by atoms with Crippen LogP contribution in [0.3, 0.4) is 0 Å². The van der Waals surface area contributed by atoms with Crippen LogP contribution in [0, 0.1) is 0 Å². The second-order valence-electron chi connectivity index (χ2n) is 18.2. The van der Waals surface area contributed by atoms with Crippen molar-refractivity contribution < 1.29 is 66.4 Å². The van der Waals surface area contributed by atoms with Crippen LogP contribution in [0.25, 0.3) is 0 Å². The first-order valence-corrected chi connectivity index (χ1v) is 21.9. The molecule has 0 amide bonds. The predicted molar refractivity (Wildman–Crippen MR) is 208 cm³/mol. The number of hydrogen-bond donors (Lipinski definition) is 2. The van der Waals surface area contributed by atoms with Crippen LogP contribution in [0.4, 0.5) is 0 Å². The summed E-state index contributed by atoms with van der Waals surface area (Å²) >= 11 is 0. The number of carbonyl (C=O) groups is 2. The number of fused-ring (bicyclic) bond motifs is 6. The normalized spacial score (nSPS) is 36.0. The molecule has 334 valence electrons. The summed E-state index contributed by atoms with van der Waals surface area (Å²) in [5, 5.41) is 7.19. The molecule has 0 aromatic carbocycles. The zero-order chi connectivity index (χ0) is 41.9. The van der Waals surface area contributed by atoms with Crippen LogP contribution in [-0.2, 0) is 66.4 Å². The minimum atomic E-state index is -0.825. The van der Waals surface area contributed by atoms with Crippen molar-refractivity contribution in [3.63, 3.8) is 0 Å². The zero-order valence-electron chi connectivity index (χ0n) is 36.5. The van der Waals surface area contributed by atoms with Gasteiger partial charge in [-0.3, -0.25) is 9.59 Å². The molecule has 6 saturated heterocycles. The van der Waals surface area contributed by atoms with Gasteiger partial charge in [0, 0.05) is 12.1 Å². The van der Waals surface area contributed by atoms with Crippen molar-refractivity contribution in [2.45, 2.75) is 230 Å². The van der Waals surface area contributed by atoms with Gasteiger partial charge in [-0.05, 0) is 95.2 Å². The van der Waals surface area contributed by atoms with Crippen LogP contribution in [0.2, 0.25) is 0 Å². The Morgan fingerprint density at radius 2 is 0.776 bits per heavy atom. The van der Waals surface area contributed by atoms with E-state index in [2.05, 4.69) is 10.6 Å². The van der Waals surface area contributed by atoms with Gasteiger partial charge < -0.3 is 67.5 Å². The van der Waals surface area contributed by atoms with Gasteiger partial charge in [0.2, 0.25) is 0 Å². The Morgan fingerprint density at radius 3 is 1.14 bits per heavy atom. The molecular formula is C42H72N2O14. The molecule has 2 N–H and O–H groups in total. The summed E-state index contributed by atoms with van der Waals surface area (Å²) in [6.07, 6.45) is 4.08. The Balaban J connectivity index is 0.914. The van der Waals surface area contributed by atoms with Crippen LogP contribution in [0.1, 0.15) is 133 Å². The van der Waals surface area contributed by atoms with E-state index in [9.17, 15) is 9.59 Å². The molecule has 0 saturated carbocycles. The number of unbranched alkanes of at least 4 members (excludes halogenated alkanes) is 7. The van der Waals surface area contributed by atoms with E-state index < -0.39 is 84.6 Å². The molecule has 0 aromatic heterocycles. The predicted octanol–water partition coefficient (Wildman–Crippen LogP) is 4.72. The molecule has 6 fully saturated rings. The van der Waals surface area contributed by atoms with Crippen LogP contribution in [-0.4, -0.2) is 135 Å². The van der Waals surface area contributed by atoms with Gasteiger partial charge in [-0.15, -0.1) is 0 Å². The maximum atomic E-state index is 12.7. The molecule has 0 spiro atoms. The van der Waals surface area contributed by atoms with Crippen molar-refractivity contribution in [3.05, 3.63) is 0 Å². The molecule has 0 aliphatic carbocycles. The van der Waals surface area contributed by atoms with Gasteiger partial charge in [0.15, 0.2) is 35.7 Å². The lowest BCUT2D eigenvalue weighted by Crippen LogP contribution is -2.61. The highest BCUT2D eigenvalue weighted by Crippen LogP contribution is 2.46. The SMILES string of the molecule is CCOC(=O)CC(NCCCCCCCCCCNC(CC(=O)OCC)[C@H]1O[C@@H]2OC(C)(C)O[C@@H]2[C@H]2OC(C)(C)O[C@H]21)[C@H]1O[C@@H]2OC(C)(C)O[C@@H]2[C@H]2OC(C)(C)O[C@H]21. The topological polar surface area (TPSA) is 169 Å². The molecule has 0 aromatic rings. The maximum absolute atomic E-state index is 12.7. The van der Waals surface area contributed by atoms with Gasteiger partial charge in [-0.2, -0.15) is 0 Å². The van der Waals surface area contributed by atoms with E-state index in [0.717, 1.165) is 64.5 Å². The van der Waals surface area contributed by atoms with E-state index in [4.69, 9.17) is 56.8 Å². The number of nitrogens with one attached hydrogen (secondary N) is 2. The second kappa shape index (κ2) is 19.2. The Bertz CT molecular complexity index is 1260. The molecule has 16 nitrogen and oxygen atoms in total. The summed E-state index contributed by atoms with van der Waals surface area (Å²) in [5.74, 6) is -3.87. The summed E-state index contributed by atoms with van der Waals surface area (Å²) in [6.45, 7) is 20.6. The van der Waals surface area contributed by atoms with E-state index in [1.165, 1.54) is 0 Å². The van der Waals surface area contributed by atoms with Gasteiger partial charge in [0.05, 0.1) is 26.1 Å². The molecule has 6 aliphatic heterocycles. The Hall–Kier alpha value is -1.54. The third-order valence-electron chi connectivity index (χ3n) is 11.5. The van der Waals surface area contributed by atoms with Crippen molar-refractivity contribution >= 4 is 11.9 Å². The zero-order valence-corrected chi connectivity index (χ0v) is 36.5. The number of hydrogen-bond acceptors (Lipinski definition) is 16. The van der Waals surface area contributed by atoms with E-state index in [1.807, 2.05) is 55.4 Å². The summed E-state index contributed by atoms with van der Waals surface area (Å²) in [7, 11) is 0. The Kier molecular flexibility index (Phi) is 15.3. The minimum absolute atomic E-state index is 0.142. The van der Waals surface area contributed by atoms with Gasteiger partial charge >= 0.3 is 11.9 Å². The standard InChI is InChI=1S/C42H72N2O14/c1-11-47-27(45)23-25(29-31-33(53-39(3,4)51-31)35-37(49-29)57-41(7,8)55-35)43-21-19-17-15-13-14-16-18-20-22-44-26(24-28(46)48-12-2)30-32-34(54-40(5,6)52-32)36-38(50-30)58-42(9,10)56-36/h25-26,29-38,43-44H,11-24H2,1-10H3/t25?,26?,29-,30-,31+,32+,33+,34+,35-,36-,37-,38-/m1/s1. The lowest BCUT2D eigenvalue weighted by atomic mass is 9.92. The Labute approximate surface area is 344 Å². The summed E-state index contributed by atoms with van der Waals surface area (Å²) < 4.78 is 73.5. The lowest BCUT2D eigenvalue weighted by Gasteiger charge is -2.41. The van der Waals surface area contributed by atoms with E-state index in [0.29, 0.717) is 13.2 Å².